The highest BCUT2D eigenvalue weighted by Gasteiger charge is 2.22. The molecule has 0 unspecified atom stereocenters. The van der Waals surface area contributed by atoms with E-state index in [1.807, 2.05) is 32.3 Å². The molecule has 108 valence electrons. The van der Waals surface area contributed by atoms with Gasteiger partial charge in [-0.1, -0.05) is 13.8 Å². The summed E-state index contributed by atoms with van der Waals surface area (Å²) in [6, 6.07) is 0.245. The molecular formula is C13H24N4O2. The van der Waals surface area contributed by atoms with Gasteiger partial charge in [-0.2, -0.15) is 0 Å². The summed E-state index contributed by atoms with van der Waals surface area (Å²) in [6.45, 7) is 8.37. The van der Waals surface area contributed by atoms with Gasteiger partial charge in [-0.15, -0.1) is 10.2 Å². The maximum absolute atomic E-state index is 12.0. The Kier molecular flexibility index (Phi) is 5.47. The summed E-state index contributed by atoms with van der Waals surface area (Å²) >= 11 is 0. The number of aromatic nitrogens is 3. The first-order valence-corrected chi connectivity index (χ1v) is 6.64. The highest BCUT2D eigenvalue weighted by atomic mass is 16.3. The lowest BCUT2D eigenvalue weighted by Gasteiger charge is -2.22. The molecule has 0 aliphatic heterocycles. The van der Waals surface area contributed by atoms with Crippen molar-refractivity contribution in [3.05, 3.63) is 12.2 Å². The van der Waals surface area contributed by atoms with Gasteiger partial charge in [0, 0.05) is 13.1 Å². The van der Waals surface area contributed by atoms with Gasteiger partial charge in [-0.05, 0) is 26.2 Å². The Morgan fingerprint density at radius 3 is 2.58 bits per heavy atom. The lowest BCUT2D eigenvalue weighted by molar-refractivity contribution is -0.140. The van der Waals surface area contributed by atoms with Crippen LogP contribution in [0.3, 0.4) is 0 Å². The van der Waals surface area contributed by atoms with Crippen molar-refractivity contribution in [3.8, 4) is 0 Å². The monoisotopic (exact) mass is 268 g/mol. The highest BCUT2D eigenvalue weighted by molar-refractivity contribution is 5.80. The van der Waals surface area contributed by atoms with Crippen molar-refractivity contribution in [2.75, 3.05) is 7.05 Å². The Balaban J connectivity index is 2.66. The fourth-order valence-electron chi connectivity index (χ4n) is 1.90. The van der Waals surface area contributed by atoms with Gasteiger partial charge >= 0.3 is 0 Å². The van der Waals surface area contributed by atoms with Crippen molar-refractivity contribution in [3.63, 3.8) is 0 Å². The van der Waals surface area contributed by atoms with Crippen LogP contribution in [0.1, 0.15) is 46.0 Å². The van der Waals surface area contributed by atoms with Gasteiger partial charge in [-0.3, -0.25) is 4.79 Å². The molecule has 0 radical (unpaired) electrons. The largest absolute Gasteiger partial charge is 0.383 e. The molecule has 0 spiro atoms. The van der Waals surface area contributed by atoms with Crippen molar-refractivity contribution < 1.29 is 9.90 Å². The average Bonchev–Trinajstić information content (AvgIpc) is 2.75. The van der Waals surface area contributed by atoms with Gasteiger partial charge in [0.15, 0.2) is 5.82 Å². The Morgan fingerprint density at radius 1 is 1.42 bits per heavy atom. The zero-order valence-corrected chi connectivity index (χ0v) is 12.4. The molecule has 1 aromatic rings. The Bertz CT molecular complexity index is 415. The summed E-state index contributed by atoms with van der Waals surface area (Å²) in [5.74, 6) is 0.737. The number of hydrogen-bond acceptors (Lipinski definition) is 4. The Labute approximate surface area is 114 Å². The molecule has 0 aromatic carbocycles. The molecule has 1 atom stereocenters. The number of aliphatic hydroxyl groups is 1. The average molecular weight is 268 g/mol. The third-order valence-electron chi connectivity index (χ3n) is 2.94. The minimum absolute atomic E-state index is 0.245. The standard InChI is InChI=1S/C13H24N4O2/c1-9(2)6-11(18)13(19)16(5)7-12-15-14-8-17(12)10(3)4/h8-11,18H,6-7H2,1-5H3/t11-/m1/s1. The molecule has 1 N–H and O–H groups in total. The molecule has 1 rings (SSSR count). The Morgan fingerprint density at radius 2 is 2.05 bits per heavy atom. The van der Waals surface area contributed by atoms with Crippen molar-refractivity contribution >= 4 is 5.91 Å². The number of amides is 1. The third-order valence-corrected chi connectivity index (χ3v) is 2.94. The molecule has 1 heterocycles. The lowest BCUT2D eigenvalue weighted by Crippen LogP contribution is -2.37. The van der Waals surface area contributed by atoms with E-state index in [-0.39, 0.29) is 17.9 Å². The van der Waals surface area contributed by atoms with E-state index in [1.54, 1.807) is 13.4 Å². The van der Waals surface area contributed by atoms with Crippen LogP contribution in [0.25, 0.3) is 0 Å². The smallest absolute Gasteiger partial charge is 0.251 e. The summed E-state index contributed by atoms with van der Waals surface area (Å²) in [5.41, 5.74) is 0. The van der Waals surface area contributed by atoms with E-state index in [4.69, 9.17) is 0 Å². The fourth-order valence-corrected chi connectivity index (χ4v) is 1.90. The summed E-state index contributed by atoms with van der Waals surface area (Å²) < 4.78 is 1.92. The topological polar surface area (TPSA) is 71.2 Å². The number of hydrogen-bond donors (Lipinski definition) is 1. The second-order valence-electron chi connectivity index (χ2n) is 5.59. The maximum Gasteiger partial charge on any atom is 0.251 e. The van der Waals surface area contributed by atoms with E-state index in [2.05, 4.69) is 10.2 Å². The molecular weight excluding hydrogens is 244 g/mol. The van der Waals surface area contributed by atoms with Crippen LogP contribution in [0.4, 0.5) is 0 Å². The number of carbonyl (C=O) groups excluding carboxylic acids is 1. The predicted octanol–water partition coefficient (Wildman–Crippen LogP) is 1.22. The van der Waals surface area contributed by atoms with E-state index < -0.39 is 6.10 Å². The zero-order chi connectivity index (χ0) is 14.6. The lowest BCUT2D eigenvalue weighted by atomic mass is 10.1. The van der Waals surface area contributed by atoms with Gasteiger partial charge in [0.05, 0.1) is 6.54 Å². The van der Waals surface area contributed by atoms with Crippen LogP contribution >= 0.6 is 0 Å². The fraction of sp³-hybridized carbons (Fsp3) is 0.769. The first-order chi connectivity index (χ1) is 8.82. The zero-order valence-electron chi connectivity index (χ0n) is 12.4. The molecule has 0 aliphatic rings. The number of carbonyl (C=O) groups is 1. The van der Waals surface area contributed by atoms with Gasteiger partial charge in [-0.25, -0.2) is 0 Å². The highest BCUT2D eigenvalue weighted by Crippen LogP contribution is 2.11. The molecule has 6 heteroatoms. The van der Waals surface area contributed by atoms with Crippen molar-refractivity contribution in [2.24, 2.45) is 5.92 Å². The van der Waals surface area contributed by atoms with E-state index >= 15 is 0 Å². The normalized spacial score (nSPS) is 13.1. The van der Waals surface area contributed by atoms with Crippen molar-refractivity contribution in [2.45, 2.75) is 52.8 Å². The minimum atomic E-state index is -0.944. The number of rotatable bonds is 6. The molecule has 0 bridgehead atoms. The molecule has 0 saturated carbocycles. The number of aliphatic hydroxyl groups excluding tert-OH is 1. The summed E-state index contributed by atoms with van der Waals surface area (Å²) in [7, 11) is 1.67. The molecule has 1 aromatic heterocycles. The quantitative estimate of drug-likeness (QED) is 0.842. The second-order valence-corrected chi connectivity index (χ2v) is 5.59. The molecule has 19 heavy (non-hydrogen) atoms. The molecule has 0 saturated heterocycles. The van der Waals surface area contributed by atoms with Crippen LogP contribution in [0.5, 0.6) is 0 Å². The summed E-state index contributed by atoms with van der Waals surface area (Å²) in [6.07, 6.45) is 1.18. The molecule has 0 aliphatic carbocycles. The van der Waals surface area contributed by atoms with Crippen LogP contribution in [0, 0.1) is 5.92 Å². The van der Waals surface area contributed by atoms with Gasteiger partial charge in [0.25, 0.3) is 5.91 Å². The number of likely N-dealkylation sites (N-methyl/N-ethyl adjacent to an activating group) is 1. The molecule has 1 amide bonds. The molecule has 6 nitrogen and oxygen atoms in total. The number of nitrogens with zero attached hydrogens (tertiary/aromatic N) is 4. The van der Waals surface area contributed by atoms with E-state index in [9.17, 15) is 9.90 Å². The van der Waals surface area contributed by atoms with E-state index in [1.165, 1.54) is 4.90 Å². The van der Waals surface area contributed by atoms with Gasteiger partial charge in [0.2, 0.25) is 0 Å². The first kappa shape index (κ1) is 15.6. The first-order valence-electron chi connectivity index (χ1n) is 6.64. The van der Waals surface area contributed by atoms with Crippen LogP contribution in [0.2, 0.25) is 0 Å². The SMILES string of the molecule is CC(C)C[C@@H](O)C(=O)N(C)Cc1nncn1C(C)C. The van der Waals surface area contributed by atoms with Crippen LogP contribution in [-0.2, 0) is 11.3 Å². The van der Waals surface area contributed by atoms with Gasteiger partial charge < -0.3 is 14.6 Å². The maximum atomic E-state index is 12.0. The third kappa shape index (κ3) is 4.31. The Hall–Kier alpha value is -1.43. The van der Waals surface area contributed by atoms with Gasteiger partial charge in [0.1, 0.15) is 12.4 Å². The van der Waals surface area contributed by atoms with Crippen LogP contribution in [-0.4, -0.2) is 43.8 Å². The summed E-state index contributed by atoms with van der Waals surface area (Å²) in [5, 5.41) is 17.7. The second kappa shape index (κ2) is 6.65. The van der Waals surface area contributed by atoms with Crippen molar-refractivity contribution in [1.29, 1.82) is 0 Å². The van der Waals surface area contributed by atoms with Crippen LogP contribution in [0.15, 0.2) is 6.33 Å². The summed E-state index contributed by atoms with van der Waals surface area (Å²) in [4.78, 5) is 13.5. The van der Waals surface area contributed by atoms with Crippen LogP contribution < -0.4 is 0 Å². The predicted molar refractivity (Wildman–Crippen MR) is 72.3 cm³/mol. The van der Waals surface area contributed by atoms with Crippen molar-refractivity contribution in [1.82, 2.24) is 19.7 Å². The van der Waals surface area contributed by atoms with E-state index in [0.29, 0.717) is 13.0 Å². The van der Waals surface area contributed by atoms with E-state index in [0.717, 1.165) is 5.82 Å². The molecule has 0 fully saturated rings. The minimum Gasteiger partial charge on any atom is -0.383 e.